The fourth-order valence-electron chi connectivity index (χ4n) is 1.67. The van der Waals surface area contributed by atoms with Gasteiger partial charge in [-0.25, -0.2) is 0 Å². The maximum Gasteiger partial charge on any atom is 0.251 e. The van der Waals surface area contributed by atoms with Gasteiger partial charge in [0.05, 0.1) is 0 Å². The van der Waals surface area contributed by atoms with E-state index in [0.29, 0.717) is 0 Å². The Labute approximate surface area is 109 Å². The van der Waals surface area contributed by atoms with Crippen molar-refractivity contribution in [3.63, 3.8) is 0 Å². The first-order valence-corrected chi connectivity index (χ1v) is 6.41. The van der Waals surface area contributed by atoms with Crippen LogP contribution in [-0.4, -0.2) is 22.7 Å². The molecule has 0 spiro atoms. The van der Waals surface area contributed by atoms with E-state index in [9.17, 15) is 9.90 Å². The lowest BCUT2D eigenvalue weighted by molar-refractivity contribution is -0.137. The van der Waals surface area contributed by atoms with Crippen LogP contribution in [0.5, 0.6) is 0 Å². The molecule has 1 rings (SSSR count). The third kappa shape index (κ3) is 4.49. The average molecular weight is 249 g/mol. The molecule has 0 aliphatic heterocycles. The third-order valence-electron chi connectivity index (χ3n) is 2.99. The van der Waals surface area contributed by atoms with Crippen molar-refractivity contribution >= 4 is 5.91 Å². The number of hydrogen-bond acceptors (Lipinski definition) is 2. The van der Waals surface area contributed by atoms with Crippen LogP contribution in [0.2, 0.25) is 0 Å². The highest BCUT2D eigenvalue weighted by Gasteiger charge is 2.25. The number of hydrogen-bond donors (Lipinski definition) is 2. The highest BCUT2D eigenvalue weighted by Crippen LogP contribution is 2.09. The van der Waals surface area contributed by atoms with Crippen LogP contribution in [0, 0.1) is 6.92 Å². The van der Waals surface area contributed by atoms with E-state index in [4.69, 9.17) is 0 Å². The van der Waals surface area contributed by atoms with Gasteiger partial charge in [0.15, 0.2) is 0 Å². The summed E-state index contributed by atoms with van der Waals surface area (Å²) in [6, 6.07) is 8.36. The molecule has 0 aliphatic rings. The summed E-state index contributed by atoms with van der Waals surface area (Å²) in [5.41, 5.74) is 1.11. The Balaban J connectivity index is 2.62. The van der Waals surface area contributed by atoms with Gasteiger partial charge in [-0.3, -0.25) is 4.79 Å². The van der Waals surface area contributed by atoms with Gasteiger partial charge in [-0.2, -0.15) is 0 Å². The molecule has 0 heterocycles. The minimum Gasteiger partial charge on any atom is -0.381 e. The molecule has 0 radical (unpaired) electrons. The number of benzene rings is 1. The number of aliphatic hydroxyl groups is 1. The molecule has 1 aromatic rings. The lowest BCUT2D eigenvalue weighted by atomic mass is 10.0. The molecule has 18 heavy (non-hydrogen) atoms. The average Bonchev–Trinajstić information content (AvgIpc) is 2.29. The maximum absolute atomic E-state index is 11.7. The Hall–Kier alpha value is -1.35. The predicted octanol–water partition coefficient (Wildman–Crippen LogP) is 2.20. The van der Waals surface area contributed by atoms with Crippen molar-refractivity contribution < 1.29 is 9.90 Å². The Morgan fingerprint density at radius 3 is 2.33 bits per heavy atom. The van der Waals surface area contributed by atoms with Gasteiger partial charge in [-0.05, 0) is 39.2 Å². The van der Waals surface area contributed by atoms with E-state index < -0.39 is 5.60 Å². The van der Waals surface area contributed by atoms with E-state index in [0.717, 1.165) is 12.8 Å². The van der Waals surface area contributed by atoms with E-state index in [2.05, 4.69) is 36.5 Å². The lowest BCUT2D eigenvalue weighted by Gasteiger charge is -2.22. The summed E-state index contributed by atoms with van der Waals surface area (Å²) in [5.74, 6) is -0.318. The summed E-state index contributed by atoms with van der Waals surface area (Å²) in [5, 5.41) is 12.5. The van der Waals surface area contributed by atoms with Gasteiger partial charge in [-0.1, -0.05) is 36.8 Å². The third-order valence-corrected chi connectivity index (χ3v) is 2.99. The Bertz CT molecular complexity index is 390. The van der Waals surface area contributed by atoms with Gasteiger partial charge in [0.2, 0.25) is 0 Å². The zero-order valence-corrected chi connectivity index (χ0v) is 11.7. The molecule has 2 N–H and O–H groups in total. The van der Waals surface area contributed by atoms with Crippen LogP contribution in [0.25, 0.3) is 0 Å². The highest BCUT2D eigenvalue weighted by molar-refractivity contribution is 5.84. The molecule has 100 valence electrons. The van der Waals surface area contributed by atoms with Crippen molar-refractivity contribution in [3.8, 4) is 0 Å². The van der Waals surface area contributed by atoms with E-state index in [-0.39, 0.29) is 11.9 Å². The number of rotatable bonds is 5. The summed E-state index contributed by atoms with van der Waals surface area (Å²) in [7, 11) is 0. The Morgan fingerprint density at radius 1 is 1.33 bits per heavy atom. The van der Waals surface area contributed by atoms with Crippen LogP contribution < -0.4 is 5.32 Å². The topological polar surface area (TPSA) is 49.3 Å². The normalized spacial score (nSPS) is 13.2. The van der Waals surface area contributed by atoms with E-state index >= 15 is 0 Å². The summed E-state index contributed by atoms with van der Waals surface area (Å²) in [6.45, 7) is 7.09. The van der Waals surface area contributed by atoms with Crippen LogP contribution in [0.1, 0.15) is 38.3 Å². The second-order valence-electron chi connectivity index (χ2n) is 5.33. The standard InChI is InChI=1S/C15H23NO2/c1-5-13(16-14(17)15(3,4)18)10-12-8-6-11(2)7-9-12/h6-9,13,18H,5,10H2,1-4H3,(H,16,17)/t13-/m0/s1. The molecule has 1 amide bonds. The van der Waals surface area contributed by atoms with Crippen molar-refractivity contribution in [1.82, 2.24) is 5.32 Å². The number of carbonyl (C=O) groups excluding carboxylic acids is 1. The molecule has 0 aliphatic carbocycles. The predicted molar refractivity (Wildman–Crippen MR) is 73.4 cm³/mol. The fourth-order valence-corrected chi connectivity index (χ4v) is 1.67. The van der Waals surface area contributed by atoms with Crippen LogP contribution in [0.3, 0.4) is 0 Å². The van der Waals surface area contributed by atoms with E-state index in [1.54, 1.807) is 0 Å². The minimum absolute atomic E-state index is 0.0617. The molecular weight excluding hydrogens is 226 g/mol. The minimum atomic E-state index is -1.32. The molecule has 0 aromatic heterocycles. The van der Waals surface area contributed by atoms with Gasteiger partial charge in [0.1, 0.15) is 5.60 Å². The second-order valence-corrected chi connectivity index (χ2v) is 5.33. The largest absolute Gasteiger partial charge is 0.381 e. The number of aryl methyl sites for hydroxylation is 1. The van der Waals surface area contributed by atoms with E-state index in [1.165, 1.54) is 25.0 Å². The quantitative estimate of drug-likeness (QED) is 0.840. The van der Waals surface area contributed by atoms with Crippen LogP contribution >= 0.6 is 0 Å². The number of carbonyl (C=O) groups is 1. The first-order chi connectivity index (χ1) is 8.32. The molecule has 0 saturated heterocycles. The molecule has 3 heteroatoms. The number of amides is 1. The molecule has 3 nitrogen and oxygen atoms in total. The SMILES string of the molecule is CC[C@@H](Cc1ccc(C)cc1)NC(=O)C(C)(C)O. The zero-order chi connectivity index (χ0) is 13.8. The molecule has 0 saturated carbocycles. The molecule has 1 atom stereocenters. The van der Waals surface area contributed by atoms with Crippen molar-refractivity contribution in [2.75, 3.05) is 0 Å². The Morgan fingerprint density at radius 2 is 1.89 bits per heavy atom. The summed E-state index contributed by atoms with van der Waals surface area (Å²) >= 11 is 0. The van der Waals surface area contributed by atoms with Crippen molar-refractivity contribution in [2.24, 2.45) is 0 Å². The molecule has 0 bridgehead atoms. The maximum atomic E-state index is 11.7. The fraction of sp³-hybridized carbons (Fsp3) is 0.533. The van der Waals surface area contributed by atoms with Gasteiger partial charge < -0.3 is 10.4 Å². The van der Waals surface area contributed by atoms with Crippen LogP contribution in [0.15, 0.2) is 24.3 Å². The molecule has 0 unspecified atom stereocenters. The van der Waals surface area contributed by atoms with Crippen LogP contribution in [-0.2, 0) is 11.2 Å². The van der Waals surface area contributed by atoms with E-state index in [1.807, 2.05) is 6.92 Å². The molecular formula is C15H23NO2. The summed E-state index contributed by atoms with van der Waals surface area (Å²) in [6.07, 6.45) is 1.63. The smallest absolute Gasteiger partial charge is 0.251 e. The monoisotopic (exact) mass is 249 g/mol. The van der Waals surface area contributed by atoms with Gasteiger partial charge in [0.25, 0.3) is 5.91 Å². The van der Waals surface area contributed by atoms with Gasteiger partial charge in [0, 0.05) is 6.04 Å². The van der Waals surface area contributed by atoms with Crippen molar-refractivity contribution in [3.05, 3.63) is 35.4 Å². The summed E-state index contributed by atoms with van der Waals surface area (Å²) in [4.78, 5) is 11.7. The highest BCUT2D eigenvalue weighted by atomic mass is 16.3. The van der Waals surface area contributed by atoms with Crippen molar-refractivity contribution in [1.29, 1.82) is 0 Å². The molecule has 0 fully saturated rings. The summed E-state index contributed by atoms with van der Waals surface area (Å²) < 4.78 is 0. The van der Waals surface area contributed by atoms with Crippen molar-refractivity contribution in [2.45, 2.75) is 52.2 Å². The van der Waals surface area contributed by atoms with Crippen LogP contribution in [0.4, 0.5) is 0 Å². The second kappa shape index (κ2) is 6.01. The Kier molecular flexibility index (Phi) is 4.91. The lowest BCUT2D eigenvalue weighted by Crippen LogP contribution is -2.47. The molecule has 1 aromatic carbocycles. The first-order valence-electron chi connectivity index (χ1n) is 6.41. The van der Waals surface area contributed by atoms with Gasteiger partial charge in [-0.15, -0.1) is 0 Å². The number of nitrogens with one attached hydrogen (secondary N) is 1. The van der Waals surface area contributed by atoms with Gasteiger partial charge >= 0.3 is 0 Å². The first kappa shape index (κ1) is 14.7. The zero-order valence-electron chi connectivity index (χ0n) is 11.7.